The molecule has 0 saturated carbocycles. The lowest BCUT2D eigenvalue weighted by atomic mass is 9.90. The molecule has 36 heavy (non-hydrogen) atoms. The van der Waals surface area contributed by atoms with Crippen LogP contribution >= 0.6 is 11.5 Å². The number of aromatic nitrogens is 2. The van der Waals surface area contributed by atoms with Crippen LogP contribution in [-0.2, 0) is 12.8 Å². The Balaban J connectivity index is 1.20. The molecule has 0 N–H and O–H groups in total. The van der Waals surface area contributed by atoms with Gasteiger partial charge in [0.1, 0.15) is 5.75 Å². The largest absolute Gasteiger partial charge is 0.430 e. The summed E-state index contributed by atoms with van der Waals surface area (Å²) < 4.78 is 10.5. The first-order valence-electron chi connectivity index (χ1n) is 12.5. The van der Waals surface area contributed by atoms with Crippen LogP contribution in [-0.4, -0.2) is 33.3 Å². The third-order valence-corrected chi connectivity index (χ3v) is 7.47. The number of piperidine rings is 1. The molecule has 1 aliphatic rings. The first-order valence-corrected chi connectivity index (χ1v) is 13.3. The van der Waals surface area contributed by atoms with Gasteiger partial charge in [0.2, 0.25) is 0 Å². The van der Waals surface area contributed by atoms with Crippen LogP contribution in [0.1, 0.15) is 51.3 Å². The fraction of sp³-hybridized carbons (Fsp3) is 0.300. The maximum atomic E-state index is 13.3. The predicted molar refractivity (Wildman–Crippen MR) is 144 cm³/mol. The number of likely N-dealkylation sites (tertiary alicyclic amines) is 1. The van der Waals surface area contributed by atoms with Crippen molar-refractivity contribution in [1.29, 1.82) is 0 Å². The molecule has 1 aliphatic heterocycles. The van der Waals surface area contributed by atoms with Gasteiger partial charge in [-0.05, 0) is 67.9 Å². The number of hydrogen-bond donors (Lipinski definition) is 0. The van der Waals surface area contributed by atoms with Crippen LogP contribution in [0.25, 0.3) is 0 Å². The highest BCUT2D eigenvalue weighted by atomic mass is 32.1. The summed E-state index contributed by atoms with van der Waals surface area (Å²) in [5.41, 5.74) is 5.39. The topological polar surface area (TPSA) is 55.3 Å². The van der Waals surface area contributed by atoms with Gasteiger partial charge in [0.15, 0.2) is 5.82 Å². The van der Waals surface area contributed by atoms with Crippen LogP contribution in [0, 0.1) is 19.8 Å². The molecule has 1 aromatic heterocycles. The number of aryl methyl sites for hydroxylation is 2. The minimum Gasteiger partial charge on any atom is -0.430 e. The Kier molecular flexibility index (Phi) is 7.42. The first-order chi connectivity index (χ1) is 17.5. The van der Waals surface area contributed by atoms with Gasteiger partial charge >= 0.3 is 0 Å². The van der Waals surface area contributed by atoms with Crippen LogP contribution in [0.4, 0.5) is 0 Å². The van der Waals surface area contributed by atoms with Crippen LogP contribution in [0.15, 0.2) is 72.8 Å². The Hall–Kier alpha value is -3.51. The van der Waals surface area contributed by atoms with Crippen LogP contribution in [0.5, 0.6) is 10.9 Å². The number of carbonyl (C=O) groups excluding carboxylic acids is 1. The normalized spacial score (nSPS) is 14.1. The van der Waals surface area contributed by atoms with Crippen LogP contribution < -0.4 is 4.74 Å². The van der Waals surface area contributed by atoms with Gasteiger partial charge in [-0.25, -0.2) is 0 Å². The number of amides is 1. The molecule has 1 saturated heterocycles. The molecular formula is C30H31N3O2S. The first kappa shape index (κ1) is 24.2. The van der Waals surface area contributed by atoms with E-state index < -0.39 is 0 Å². The number of ether oxygens (including phenoxy) is 1. The molecule has 3 aromatic carbocycles. The van der Waals surface area contributed by atoms with E-state index >= 15 is 0 Å². The van der Waals surface area contributed by atoms with Gasteiger partial charge in [-0.2, -0.15) is 9.36 Å². The number of hydrogen-bond acceptors (Lipinski definition) is 5. The monoisotopic (exact) mass is 497 g/mol. The third kappa shape index (κ3) is 6.00. The number of nitrogens with zero attached hydrogens (tertiary/aromatic N) is 3. The predicted octanol–water partition coefficient (Wildman–Crippen LogP) is 6.63. The average Bonchev–Trinajstić information content (AvgIpc) is 3.34. The lowest BCUT2D eigenvalue weighted by Gasteiger charge is -2.32. The Morgan fingerprint density at radius 1 is 0.972 bits per heavy atom. The summed E-state index contributed by atoms with van der Waals surface area (Å²) in [4.78, 5) is 19.8. The number of carbonyl (C=O) groups is 1. The Morgan fingerprint density at radius 3 is 2.47 bits per heavy atom. The molecule has 0 atom stereocenters. The molecule has 0 spiro atoms. The summed E-state index contributed by atoms with van der Waals surface area (Å²) >= 11 is 1.24. The van der Waals surface area contributed by atoms with Gasteiger partial charge in [-0.15, -0.1) is 0 Å². The fourth-order valence-corrected chi connectivity index (χ4v) is 5.21. The lowest BCUT2D eigenvalue weighted by molar-refractivity contribution is 0.0690. The molecule has 6 heteroatoms. The van der Waals surface area contributed by atoms with E-state index in [0.29, 0.717) is 28.8 Å². The van der Waals surface area contributed by atoms with Crippen molar-refractivity contribution in [3.63, 3.8) is 0 Å². The van der Waals surface area contributed by atoms with Crippen molar-refractivity contribution in [2.75, 3.05) is 13.1 Å². The quantitative estimate of drug-likeness (QED) is 0.287. The summed E-state index contributed by atoms with van der Waals surface area (Å²) in [6.45, 7) is 5.64. The highest BCUT2D eigenvalue weighted by Gasteiger charge is 2.24. The van der Waals surface area contributed by atoms with Gasteiger partial charge in [-0.1, -0.05) is 66.2 Å². The SMILES string of the molecule is Cc1ccc(Cc2nsc(Oc3cc(C(=O)N4CCC(Cc5ccccc5)CC4)ccc3C)n2)cc1. The van der Waals surface area contributed by atoms with Crippen LogP contribution in [0.3, 0.4) is 0 Å². The van der Waals surface area contributed by atoms with E-state index in [2.05, 4.69) is 70.9 Å². The van der Waals surface area contributed by atoms with Crippen LogP contribution in [0.2, 0.25) is 0 Å². The molecule has 0 aliphatic carbocycles. The second kappa shape index (κ2) is 11.0. The van der Waals surface area contributed by atoms with Crippen molar-refractivity contribution in [3.05, 3.63) is 106 Å². The molecule has 184 valence electrons. The molecule has 5 nitrogen and oxygen atoms in total. The van der Waals surface area contributed by atoms with E-state index in [4.69, 9.17) is 4.74 Å². The summed E-state index contributed by atoms with van der Waals surface area (Å²) in [5.74, 6) is 2.08. The Morgan fingerprint density at radius 2 is 1.72 bits per heavy atom. The highest BCUT2D eigenvalue weighted by Crippen LogP contribution is 2.29. The lowest BCUT2D eigenvalue weighted by Crippen LogP contribution is -2.38. The minimum atomic E-state index is 0.0651. The maximum Gasteiger partial charge on any atom is 0.298 e. The second-order valence-electron chi connectivity index (χ2n) is 9.65. The number of rotatable bonds is 7. The van der Waals surface area contributed by atoms with E-state index in [0.717, 1.165) is 43.7 Å². The zero-order chi connectivity index (χ0) is 24.9. The Bertz CT molecular complexity index is 1310. The van der Waals surface area contributed by atoms with E-state index in [1.165, 1.54) is 28.2 Å². The number of benzene rings is 3. The molecule has 0 bridgehead atoms. The van der Waals surface area contributed by atoms with E-state index in [-0.39, 0.29) is 5.91 Å². The van der Waals surface area contributed by atoms with Crippen molar-refractivity contribution in [2.45, 2.75) is 39.5 Å². The van der Waals surface area contributed by atoms with Gasteiger partial charge in [0.05, 0.1) is 0 Å². The van der Waals surface area contributed by atoms with Gasteiger partial charge in [-0.3, -0.25) is 4.79 Å². The van der Waals surface area contributed by atoms with E-state index in [1.54, 1.807) is 0 Å². The second-order valence-corrected chi connectivity index (χ2v) is 10.4. The molecule has 4 aromatic rings. The third-order valence-electron chi connectivity index (χ3n) is 6.83. The van der Waals surface area contributed by atoms with Crippen molar-refractivity contribution in [3.8, 4) is 10.9 Å². The fourth-order valence-electron chi connectivity index (χ4n) is 4.65. The van der Waals surface area contributed by atoms with Crippen molar-refractivity contribution < 1.29 is 9.53 Å². The average molecular weight is 498 g/mol. The maximum absolute atomic E-state index is 13.3. The molecule has 2 heterocycles. The Labute approximate surface area is 217 Å². The van der Waals surface area contributed by atoms with Gasteiger partial charge in [0.25, 0.3) is 11.1 Å². The summed E-state index contributed by atoms with van der Waals surface area (Å²) in [6, 6.07) is 24.7. The molecular weight excluding hydrogens is 466 g/mol. The molecule has 5 rings (SSSR count). The standard InChI is InChI=1S/C30H31N3O2S/c1-21-8-11-24(12-9-21)19-28-31-30(36-32-28)35-27-20-26(13-10-22(27)2)29(34)33-16-14-25(15-17-33)18-23-6-4-3-5-7-23/h3-13,20,25H,14-19H2,1-2H3. The molecule has 0 radical (unpaired) electrons. The zero-order valence-corrected chi connectivity index (χ0v) is 21.6. The van der Waals surface area contributed by atoms with Crippen molar-refractivity contribution in [1.82, 2.24) is 14.3 Å². The summed E-state index contributed by atoms with van der Waals surface area (Å²) in [7, 11) is 0. The smallest absolute Gasteiger partial charge is 0.298 e. The molecule has 1 amide bonds. The molecule has 0 unspecified atom stereocenters. The summed E-state index contributed by atoms with van der Waals surface area (Å²) in [6.07, 6.45) is 3.81. The molecule has 1 fully saturated rings. The minimum absolute atomic E-state index is 0.0651. The van der Waals surface area contributed by atoms with Gasteiger partial charge in [0, 0.05) is 36.6 Å². The van der Waals surface area contributed by atoms with Crippen molar-refractivity contribution in [2.24, 2.45) is 5.92 Å². The van der Waals surface area contributed by atoms with Crippen molar-refractivity contribution >= 4 is 17.4 Å². The zero-order valence-electron chi connectivity index (χ0n) is 20.8. The van der Waals surface area contributed by atoms with E-state index in [9.17, 15) is 4.79 Å². The van der Waals surface area contributed by atoms with Gasteiger partial charge < -0.3 is 9.64 Å². The highest BCUT2D eigenvalue weighted by molar-refractivity contribution is 7.07. The van der Waals surface area contributed by atoms with E-state index in [1.807, 2.05) is 30.0 Å². The summed E-state index contributed by atoms with van der Waals surface area (Å²) in [5, 5.41) is 0.492.